The molecule has 1 atom stereocenters. The molecule has 6 heteroatoms. The van der Waals surface area contributed by atoms with Crippen LogP contribution in [0.3, 0.4) is 0 Å². The van der Waals surface area contributed by atoms with Crippen molar-refractivity contribution in [3.05, 3.63) is 62.3 Å². The first-order chi connectivity index (χ1) is 12.5. The second-order valence-corrected chi connectivity index (χ2v) is 6.32. The molecule has 0 aromatic heterocycles. The van der Waals surface area contributed by atoms with Crippen molar-refractivity contribution >= 4 is 6.29 Å². The van der Waals surface area contributed by atoms with Crippen LogP contribution in [0.15, 0.2) is 29.1 Å². The maximum absolute atomic E-state index is 12.3. The molecule has 0 radical (unpaired) electrons. The summed E-state index contributed by atoms with van der Waals surface area (Å²) in [7, 11) is 1.42. The van der Waals surface area contributed by atoms with Crippen LogP contribution in [0.5, 0.6) is 5.75 Å². The Hall–Kier alpha value is -2.54. The van der Waals surface area contributed by atoms with Crippen LogP contribution in [0.1, 0.15) is 45.1 Å². The molecule has 0 spiro atoms. The largest absolute Gasteiger partial charge is 0.493 e. The Bertz CT molecular complexity index is 923. The third kappa shape index (κ3) is 2.92. The lowest BCUT2D eigenvalue weighted by Gasteiger charge is -2.17. The molecule has 0 bridgehead atoms. The predicted molar refractivity (Wildman–Crippen MR) is 97.2 cm³/mol. The number of benzene rings is 1. The minimum absolute atomic E-state index is 0.189. The fourth-order valence-corrected chi connectivity index (χ4v) is 3.64. The van der Waals surface area contributed by atoms with E-state index in [1.807, 2.05) is 0 Å². The number of aldehydes is 1. The Morgan fingerprint density at radius 2 is 2.04 bits per heavy atom. The lowest BCUT2D eigenvalue weighted by molar-refractivity contribution is 0.112. The fourth-order valence-electron chi connectivity index (χ4n) is 3.64. The molecule has 0 unspecified atom stereocenters. The van der Waals surface area contributed by atoms with Crippen LogP contribution in [-0.4, -0.2) is 23.6 Å². The number of aliphatic hydroxyl groups excluding tert-OH is 2. The molecule has 2 aromatic rings. The molecule has 0 saturated carbocycles. The van der Waals surface area contributed by atoms with Crippen molar-refractivity contribution in [2.45, 2.75) is 32.1 Å². The van der Waals surface area contributed by atoms with Gasteiger partial charge in [0.25, 0.3) is 0 Å². The van der Waals surface area contributed by atoms with Crippen LogP contribution < -0.4 is 15.9 Å². The van der Waals surface area contributed by atoms with Crippen molar-refractivity contribution in [2.24, 2.45) is 5.73 Å². The molecule has 2 aromatic carbocycles. The van der Waals surface area contributed by atoms with Gasteiger partial charge in [0.1, 0.15) is 0 Å². The van der Waals surface area contributed by atoms with E-state index in [0.717, 1.165) is 5.56 Å². The maximum Gasteiger partial charge on any atom is 0.220 e. The average molecular weight is 355 g/mol. The zero-order chi connectivity index (χ0) is 18.8. The summed E-state index contributed by atoms with van der Waals surface area (Å²) >= 11 is 0. The SMILES string of the molecule is COc1ccc2c(cc1=O)[C@@H](N)CCc1cc(CO)c(CO)c(C=O)c1-2. The molecule has 0 aliphatic heterocycles. The zero-order valence-electron chi connectivity index (χ0n) is 14.5. The number of rotatable bonds is 4. The van der Waals surface area contributed by atoms with E-state index >= 15 is 0 Å². The first-order valence-electron chi connectivity index (χ1n) is 8.38. The standard InChI is InChI=1S/C20H21NO5/c1-26-19-5-3-13-14(7-18(19)25)17(21)4-2-11-6-12(8-22)15(9-23)16(10-24)20(11)13/h3,5-7,10,17,22-23H,2,4,8-9,21H2,1H3/t17-/m0/s1. The third-order valence-corrected chi connectivity index (χ3v) is 4.95. The van der Waals surface area contributed by atoms with Gasteiger partial charge >= 0.3 is 0 Å². The molecule has 6 nitrogen and oxygen atoms in total. The highest BCUT2D eigenvalue weighted by molar-refractivity contribution is 5.93. The molecule has 1 aliphatic rings. The maximum atomic E-state index is 12.3. The van der Waals surface area contributed by atoms with Crippen molar-refractivity contribution in [1.29, 1.82) is 0 Å². The summed E-state index contributed by atoms with van der Waals surface area (Å²) in [5.41, 5.74) is 10.1. The van der Waals surface area contributed by atoms with E-state index in [1.165, 1.54) is 13.2 Å². The molecule has 0 saturated heterocycles. The summed E-state index contributed by atoms with van der Waals surface area (Å²) in [4.78, 5) is 24.2. The number of hydrogen-bond acceptors (Lipinski definition) is 6. The number of nitrogens with two attached hydrogens (primary N) is 1. The topological polar surface area (TPSA) is 110 Å². The van der Waals surface area contributed by atoms with E-state index in [0.29, 0.717) is 52.5 Å². The van der Waals surface area contributed by atoms with Crippen molar-refractivity contribution in [2.75, 3.05) is 7.11 Å². The smallest absolute Gasteiger partial charge is 0.220 e. The summed E-state index contributed by atoms with van der Waals surface area (Å²) < 4.78 is 5.12. The van der Waals surface area contributed by atoms with E-state index < -0.39 is 0 Å². The number of carbonyl (C=O) groups is 1. The van der Waals surface area contributed by atoms with Gasteiger partial charge in [0.05, 0.1) is 20.3 Å². The number of fused-ring (bicyclic) bond motifs is 3. The molecular weight excluding hydrogens is 334 g/mol. The van der Waals surface area contributed by atoms with E-state index in [4.69, 9.17) is 10.5 Å². The lowest BCUT2D eigenvalue weighted by Crippen LogP contribution is -2.12. The Balaban J connectivity index is 2.45. The summed E-state index contributed by atoms with van der Waals surface area (Å²) in [6.45, 7) is -0.641. The number of methoxy groups -OCH3 is 1. The van der Waals surface area contributed by atoms with Crippen LogP contribution >= 0.6 is 0 Å². The molecule has 1 aliphatic carbocycles. The highest BCUT2D eigenvalue weighted by atomic mass is 16.5. The van der Waals surface area contributed by atoms with E-state index in [2.05, 4.69) is 0 Å². The van der Waals surface area contributed by atoms with E-state index in [9.17, 15) is 19.8 Å². The van der Waals surface area contributed by atoms with Gasteiger partial charge in [0.2, 0.25) is 5.43 Å². The molecule has 0 amide bonds. The molecular formula is C20H21NO5. The van der Waals surface area contributed by atoms with Gasteiger partial charge in [-0.05, 0) is 58.4 Å². The molecule has 4 N–H and O–H groups in total. The van der Waals surface area contributed by atoms with Crippen LogP contribution in [0.25, 0.3) is 11.1 Å². The molecule has 0 heterocycles. The van der Waals surface area contributed by atoms with Gasteiger partial charge < -0.3 is 20.7 Å². The van der Waals surface area contributed by atoms with Crippen LogP contribution in [0.2, 0.25) is 0 Å². The summed E-state index contributed by atoms with van der Waals surface area (Å²) in [5, 5.41) is 19.4. The second kappa shape index (κ2) is 7.37. The van der Waals surface area contributed by atoms with Gasteiger partial charge in [-0.25, -0.2) is 0 Å². The quantitative estimate of drug-likeness (QED) is 0.717. The number of aliphatic hydroxyl groups is 2. The number of hydrogen-bond donors (Lipinski definition) is 3. The van der Waals surface area contributed by atoms with Gasteiger partial charge in [-0.2, -0.15) is 0 Å². The summed E-state index contributed by atoms with van der Waals surface area (Å²) in [5.74, 6) is 0.189. The first kappa shape index (κ1) is 18.3. The number of aryl methyl sites for hydroxylation is 1. The molecule has 0 fully saturated rings. The first-order valence-corrected chi connectivity index (χ1v) is 8.38. The van der Waals surface area contributed by atoms with Crippen LogP contribution in [0, 0.1) is 0 Å². The fraction of sp³-hybridized carbons (Fsp3) is 0.300. The minimum atomic E-state index is -0.378. The summed E-state index contributed by atoms with van der Waals surface area (Å²) in [6, 6.07) is 6.18. The Morgan fingerprint density at radius 3 is 2.65 bits per heavy atom. The van der Waals surface area contributed by atoms with E-state index in [1.54, 1.807) is 18.2 Å². The lowest BCUT2D eigenvalue weighted by atomic mass is 9.87. The monoisotopic (exact) mass is 355 g/mol. The van der Waals surface area contributed by atoms with Gasteiger partial charge in [0.15, 0.2) is 12.0 Å². The highest BCUT2D eigenvalue weighted by Gasteiger charge is 2.25. The summed E-state index contributed by atoms with van der Waals surface area (Å²) in [6.07, 6.45) is 1.87. The van der Waals surface area contributed by atoms with Crippen molar-refractivity contribution < 1.29 is 19.7 Å². The van der Waals surface area contributed by atoms with Crippen LogP contribution in [-0.2, 0) is 19.6 Å². The van der Waals surface area contributed by atoms with Crippen LogP contribution in [0.4, 0.5) is 0 Å². The van der Waals surface area contributed by atoms with Gasteiger partial charge in [-0.1, -0.05) is 12.1 Å². The predicted octanol–water partition coefficient (Wildman–Crippen LogP) is 1.47. The minimum Gasteiger partial charge on any atom is -0.493 e. The number of carbonyl (C=O) groups excluding carboxylic acids is 1. The molecule has 136 valence electrons. The zero-order valence-corrected chi connectivity index (χ0v) is 14.5. The van der Waals surface area contributed by atoms with Crippen molar-refractivity contribution in [3.8, 4) is 16.9 Å². The molecule has 26 heavy (non-hydrogen) atoms. The highest BCUT2D eigenvalue weighted by Crippen LogP contribution is 2.39. The van der Waals surface area contributed by atoms with Gasteiger partial charge in [0, 0.05) is 11.6 Å². The van der Waals surface area contributed by atoms with Crippen molar-refractivity contribution in [1.82, 2.24) is 0 Å². The normalized spacial score (nSPS) is 15.6. The Morgan fingerprint density at radius 1 is 1.27 bits per heavy atom. The van der Waals surface area contributed by atoms with Crippen molar-refractivity contribution in [3.63, 3.8) is 0 Å². The Kier molecular flexibility index (Phi) is 5.18. The van der Waals surface area contributed by atoms with Gasteiger partial charge in [-0.3, -0.25) is 9.59 Å². The number of ether oxygens (including phenoxy) is 1. The third-order valence-electron chi connectivity index (χ3n) is 4.95. The van der Waals surface area contributed by atoms with E-state index in [-0.39, 0.29) is 30.4 Å². The average Bonchev–Trinajstić information content (AvgIpc) is 2.89. The van der Waals surface area contributed by atoms with Gasteiger partial charge in [-0.15, -0.1) is 0 Å². The Labute approximate surface area is 150 Å². The second-order valence-electron chi connectivity index (χ2n) is 6.32. The molecule has 3 rings (SSSR count).